The van der Waals surface area contributed by atoms with Crippen molar-refractivity contribution in [3.05, 3.63) is 40.9 Å². The molecule has 0 bridgehead atoms. The average molecular weight is 220 g/mol. The van der Waals surface area contributed by atoms with Crippen LogP contribution in [0.3, 0.4) is 0 Å². The molecule has 76 valence electrons. The van der Waals surface area contributed by atoms with Gasteiger partial charge in [0.1, 0.15) is 5.15 Å². The van der Waals surface area contributed by atoms with Gasteiger partial charge in [-0.25, -0.2) is 9.97 Å². The Bertz CT molecular complexity index is 459. The van der Waals surface area contributed by atoms with Crippen LogP contribution in [0.25, 0.3) is 11.4 Å². The van der Waals surface area contributed by atoms with E-state index in [1.165, 1.54) is 0 Å². The molecule has 0 N–H and O–H groups in total. The Morgan fingerprint density at radius 1 is 1.07 bits per heavy atom. The van der Waals surface area contributed by atoms with Crippen molar-refractivity contribution in [2.45, 2.75) is 13.8 Å². The smallest absolute Gasteiger partial charge is 0.161 e. The summed E-state index contributed by atoms with van der Waals surface area (Å²) in [5.74, 6) is 0.644. The lowest BCUT2D eigenvalue weighted by atomic mass is 10.2. The molecule has 0 fully saturated rings. The molecule has 2 heterocycles. The second-order valence-corrected chi connectivity index (χ2v) is 3.64. The number of halogens is 1. The van der Waals surface area contributed by atoms with Crippen molar-refractivity contribution in [2.24, 2.45) is 0 Å². The molecule has 0 saturated carbocycles. The first kappa shape index (κ1) is 10.1. The van der Waals surface area contributed by atoms with Gasteiger partial charge in [0.25, 0.3) is 0 Å². The largest absolute Gasteiger partial charge is 0.265 e. The summed E-state index contributed by atoms with van der Waals surface area (Å²) in [6, 6.07) is 3.72. The molecule has 3 nitrogen and oxygen atoms in total. The van der Waals surface area contributed by atoms with Gasteiger partial charge < -0.3 is 0 Å². The summed E-state index contributed by atoms with van der Waals surface area (Å²) in [7, 11) is 0. The Hall–Kier alpha value is -1.48. The van der Waals surface area contributed by atoms with Crippen molar-refractivity contribution < 1.29 is 0 Å². The standard InChI is InChI=1S/C11H10ClN3/c1-7-8(2)14-11(15-10(7)12)9-3-5-13-6-4-9/h3-6H,1-2H3. The van der Waals surface area contributed by atoms with Gasteiger partial charge in [-0.3, -0.25) is 4.98 Å². The molecule has 0 unspecified atom stereocenters. The third-order valence-electron chi connectivity index (χ3n) is 2.27. The van der Waals surface area contributed by atoms with E-state index in [0.29, 0.717) is 11.0 Å². The monoisotopic (exact) mass is 219 g/mol. The molecule has 0 saturated heterocycles. The molecule has 2 rings (SSSR count). The normalized spacial score (nSPS) is 10.3. The second kappa shape index (κ2) is 3.95. The van der Waals surface area contributed by atoms with Crippen LogP contribution < -0.4 is 0 Å². The zero-order valence-corrected chi connectivity index (χ0v) is 9.28. The van der Waals surface area contributed by atoms with Gasteiger partial charge in [0.05, 0.1) is 0 Å². The second-order valence-electron chi connectivity index (χ2n) is 3.28. The zero-order chi connectivity index (χ0) is 10.8. The van der Waals surface area contributed by atoms with E-state index in [-0.39, 0.29) is 0 Å². The predicted molar refractivity (Wildman–Crippen MR) is 59.7 cm³/mol. The van der Waals surface area contributed by atoms with Crippen LogP contribution >= 0.6 is 11.6 Å². The summed E-state index contributed by atoms with van der Waals surface area (Å²) in [5.41, 5.74) is 2.76. The Kier molecular flexibility index (Phi) is 2.64. The van der Waals surface area contributed by atoms with Crippen LogP contribution in [0.15, 0.2) is 24.5 Å². The maximum absolute atomic E-state index is 6.00. The third kappa shape index (κ3) is 1.97. The van der Waals surface area contributed by atoms with Gasteiger partial charge in [0.2, 0.25) is 0 Å². The van der Waals surface area contributed by atoms with Crippen molar-refractivity contribution in [2.75, 3.05) is 0 Å². The molecule has 2 aromatic heterocycles. The molecule has 0 spiro atoms. The minimum Gasteiger partial charge on any atom is -0.265 e. The van der Waals surface area contributed by atoms with Crippen LogP contribution in [0.2, 0.25) is 5.15 Å². The first-order chi connectivity index (χ1) is 7.18. The molecular formula is C11H10ClN3. The van der Waals surface area contributed by atoms with Crippen molar-refractivity contribution in [1.29, 1.82) is 0 Å². The maximum atomic E-state index is 6.00. The van der Waals surface area contributed by atoms with E-state index in [9.17, 15) is 0 Å². The number of aromatic nitrogens is 3. The maximum Gasteiger partial charge on any atom is 0.161 e. The average Bonchev–Trinajstić information content (AvgIpc) is 2.26. The zero-order valence-electron chi connectivity index (χ0n) is 8.53. The minimum absolute atomic E-state index is 0.509. The molecule has 0 radical (unpaired) electrons. The van der Waals surface area contributed by atoms with Gasteiger partial charge in [0, 0.05) is 29.2 Å². The number of nitrogens with zero attached hydrogens (tertiary/aromatic N) is 3. The Balaban J connectivity index is 2.56. The Morgan fingerprint density at radius 3 is 2.33 bits per heavy atom. The molecule has 0 aliphatic heterocycles. The molecule has 0 atom stereocenters. The topological polar surface area (TPSA) is 38.7 Å². The van der Waals surface area contributed by atoms with Crippen molar-refractivity contribution in [3.63, 3.8) is 0 Å². The number of hydrogen-bond acceptors (Lipinski definition) is 3. The van der Waals surface area contributed by atoms with Gasteiger partial charge in [-0.15, -0.1) is 0 Å². The summed E-state index contributed by atoms with van der Waals surface area (Å²) >= 11 is 6.00. The van der Waals surface area contributed by atoms with E-state index >= 15 is 0 Å². The summed E-state index contributed by atoms with van der Waals surface area (Å²) in [4.78, 5) is 12.6. The number of rotatable bonds is 1. The van der Waals surface area contributed by atoms with E-state index < -0.39 is 0 Å². The highest BCUT2D eigenvalue weighted by Gasteiger charge is 2.07. The summed E-state index contributed by atoms with van der Waals surface area (Å²) in [6.07, 6.45) is 3.42. The van der Waals surface area contributed by atoms with Crippen LogP contribution in [0.4, 0.5) is 0 Å². The molecule has 0 aromatic carbocycles. The van der Waals surface area contributed by atoms with Crippen LogP contribution in [0.5, 0.6) is 0 Å². The minimum atomic E-state index is 0.509. The van der Waals surface area contributed by atoms with Crippen LogP contribution in [0, 0.1) is 13.8 Å². The van der Waals surface area contributed by atoms with Gasteiger partial charge >= 0.3 is 0 Å². The van der Waals surface area contributed by atoms with Crippen molar-refractivity contribution in [3.8, 4) is 11.4 Å². The molecule has 15 heavy (non-hydrogen) atoms. The Morgan fingerprint density at radius 2 is 1.73 bits per heavy atom. The van der Waals surface area contributed by atoms with Crippen LogP contribution in [-0.2, 0) is 0 Å². The molecule has 4 heteroatoms. The highest BCUT2D eigenvalue weighted by molar-refractivity contribution is 6.30. The quantitative estimate of drug-likeness (QED) is 0.693. The van der Waals surface area contributed by atoms with Gasteiger partial charge in [-0.1, -0.05) is 11.6 Å². The molecule has 2 aromatic rings. The van der Waals surface area contributed by atoms with Crippen molar-refractivity contribution >= 4 is 11.6 Å². The number of aryl methyl sites for hydroxylation is 1. The van der Waals surface area contributed by atoms with E-state index in [1.807, 2.05) is 26.0 Å². The summed E-state index contributed by atoms with van der Waals surface area (Å²) < 4.78 is 0. The van der Waals surface area contributed by atoms with E-state index in [4.69, 9.17) is 11.6 Å². The summed E-state index contributed by atoms with van der Waals surface area (Å²) in [6.45, 7) is 3.83. The predicted octanol–water partition coefficient (Wildman–Crippen LogP) is 2.81. The van der Waals surface area contributed by atoms with Crippen LogP contribution in [0.1, 0.15) is 11.3 Å². The fraction of sp³-hybridized carbons (Fsp3) is 0.182. The molecule has 0 aliphatic rings. The lowest BCUT2D eigenvalue weighted by Crippen LogP contribution is -1.96. The highest BCUT2D eigenvalue weighted by Crippen LogP contribution is 2.20. The summed E-state index contributed by atoms with van der Waals surface area (Å²) in [5, 5.41) is 0.509. The number of pyridine rings is 1. The van der Waals surface area contributed by atoms with Crippen LogP contribution in [-0.4, -0.2) is 15.0 Å². The fourth-order valence-electron chi connectivity index (χ4n) is 1.22. The first-order valence-electron chi connectivity index (χ1n) is 4.59. The van der Waals surface area contributed by atoms with Gasteiger partial charge in [-0.05, 0) is 26.0 Å². The Labute approximate surface area is 93.2 Å². The highest BCUT2D eigenvalue weighted by atomic mass is 35.5. The molecule has 0 aliphatic carbocycles. The van der Waals surface area contributed by atoms with E-state index in [1.54, 1.807) is 12.4 Å². The lowest BCUT2D eigenvalue weighted by Gasteiger charge is -2.05. The third-order valence-corrected chi connectivity index (χ3v) is 2.64. The lowest BCUT2D eigenvalue weighted by molar-refractivity contribution is 1.07. The molecular weight excluding hydrogens is 210 g/mol. The SMILES string of the molecule is Cc1nc(-c2ccncc2)nc(Cl)c1C. The van der Waals surface area contributed by atoms with Crippen molar-refractivity contribution in [1.82, 2.24) is 15.0 Å². The van der Waals surface area contributed by atoms with Gasteiger partial charge in [0.15, 0.2) is 5.82 Å². The van der Waals surface area contributed by atoms with E-state index in [2.05, 4.69) is 15.0 Å². The van der Waals surface area contributed by atoms with E-state index in [0.717, 1.165) is 16.8 Å². The first-order valence-corrected chi connectivity index (χ1v) is 4.97. The number of hydrogen-bond donors (Lipinski definition) is 0. The fourth-order valence-corrected chi connectivity index (χ4v) is 1.44. The molecule has 0 amide bonds. The van der Waals surface area contributed by atoms with Gasteiger partial charge in [-0.2, -0.15) is 0 Å².